The van der Waals surface area contributed by atoms with Gasteiger partial charge in [-0.25, -0.2) is 17.9 Å². The maximum Gasteiger partial charge on any atom is 0.337 e. The fourth-order valence-electron chi connectivity index (χ4n) is 1.42. The number of nitrogens with one attached hydrogen (secondary N) is 1. The monoisotopic (exact) mass is 300 g/mol. The van der Waals surface area contributed by atoms with E-state index in [1.54, 1.807) is 26.0 Å². The highest BCUT2D eigenvalue weighted by Gasteiger charge is 2.17. The van der Waals surface area contributed by atoms with E-state index in [1.807, 2.05) is 0 Å². The first kappa shape index (κ1) is 16.6. The van der Waals surface area contributed by atoms with Crippen LogP contribution in [0.5, 0.6) is 0 Å². The van der Waals surface area contributed by atoms with Crippen molar-refractivity contribution in [3.63, 3.8) is 0 Å². The van der Waals surface area contributed by atoms with Crippen LogP contribution in [0.25, 0.3) is 0 Å². The van der Waals surface area contributed by atoms with E-state index < -0.39 is 21.5 Å². The molecule has 0 atom stereocenters. The van der Waals surface area contributed by atoms with E-state index in [9.17, 15) is 13.2 Å². The normalized spacial score (nSPS) is 12.2. The molecule has 0 aromatic heterocycles. The molecule has 1 rings (SSSR count). The third-order valence-electron chi connectivity index (χ3n) is 2.48. The number of ether oxygens (including phenoxy) is 1. The minimum absolute atomic E-state index is 0.162. The number of hydrogen-bond acceptors (Lipinski definition) is 5. The summed E-state index contributed by atoms with van der Waals surface area (Å²) in [6.07, 6.45) is 0. The van der Waals surface area contributed by atoms with Crippen LogP contribution in [0.1, 0.15) is 29.8 Å². The average molecular weight is 300 g/mol. The predicted molar refractivity (Wildman–Crippen MR) is 76.7 cm³/mol. The van der Waals surface area contributed by atoms with E-state index in [1.165, 1.54) is 19.2 Å². The van der Waals surface area contributed by atoms with E-state index in [4.69, 9.17) is 5.73 Å². The molecule has 6 nitrogen and oxygen atoms in total. The van der Waals surface area contributed by atoms with E-state index in [0.29, 0.717) is 11.1 Å². The number of nitrogens with two attached hydrogens (primary N) is 1. The fraction of sp³-hybridized carbons (Fsp3) is 0.462. The van der Waals surface area contributed by atoms with Gasteiger partial charge < -0.3 is 10.5 Å². The van der Waals surface area contributed by atoms with Crippen LogP contribution >= 0.6 is 0 Å². The Bertz CT molecular complexity index is 559. The zero-order valence-corrected chi connectivity index (χ0v) is 12.7. The Morgan fingerprint density at radius 1 is 1.30 bits per heavy atom. The van der Waals surface area contributed by atoms with Gasteiger partial charge in [0.25, 0.3) is 0 Å². The third-order valence-corrected chi connectivity index (χ3v) is 3.78. The molecule has 0 heterocycles. The molecular weight excluding hydrogens is 280 g/mol. The van der Waals surface area contributed by atoms with Crippen molar-refractivity contribution >= 4 is 16.0 Å². The Kier molecular flexibility index (Phi) is 5.27. The molecule has 7 heteroatoms. The Labute approximate surface area is 119 Å². The standard InChI is InChI=1S/C13H20N2O4S/c1-13(2,14)9-15-20(17,18)8-10-4-6-11(7-5-10)12(16)19-3/h4-7,15H,8-9,14H2,1-3H3. The summed E-state index contributed by atoms with van der Waals surface area (Å²) in [5.74, 6) is -0.618. The molecule has 0 bridgehead atoms. The van der Waals surface area contributed by atoms with Crippen LogP contribution in [-0.4, -0.2) is 33.6 Å². The van der Waals surface area contributed by atoms with Crippen molar-refractivity contribution in [2.45, 2.75) is 25.1 Å². The SMILES string of the molecule is COC(=O)c1ccc(CS(=O)(=O)NCC(C)(C)N)cc1. The first-order valence-electron chi connectivity index (χ1n) is 6.06. The molecular formula is C13H20N2O4S. The average Bonchev–Trinajstić information content (AvgIpc) is 2.35. The lowest BCUT2D eigenvalue weighted by atomic mass is 10.1. The Hall–Kier alpha value is -1.44. The van der Waals surface area contributed by atoms with Gasteiger partial charge >= 0.3 is 5.97 Å². The number of carbonyl (C=O) groups is 1. The second kappa shape index (κ2) is 6.34. The van der Waals surface area contributed by atoms with Crippen LogP contribution in [0.15, 0.2) is 24.3 Å². The van der Waals surface area contributed by atoms with E-state index >= 15 is 0 Å². The maximum absolute atomic E-state index is 11.9. The summed E-state index contributed by atoms with van der Waals surface area (Å²) in [4.78, 5) is 11.3. The van der Waals surface area contributed by atoms with Gasteiger partial charge in [-0.05, 0) is 31.5 Å². The molecule has 0 spiro atoms. The first-order chi connectivity index (χ1) is 9.13. The molecule has 0 saturated carbocycles. The zero-order chi connectivity index (χ0) is 15.4. The van der Waals surface area contributed by atoms with Gasteiger partial charge in [-0.15, -0.1) is 0 Å². The summed E-state index contributed by atoms with van der Waals surface area (Å²) in [5.41, 5.74) is 6.08. The van der Waals surface area contributed by atoms with Crippen LogP contribution in [0.3, 0.4) is 0 Å². The van der Waals surface area contributed by atoms with Crippen molar-refractivity contribution in [3.8, 4) is 0 Å². The molecule has 0 fully saturated rings. The summed E-state index contributed by atoms with van der Waals surface area (Å²) in [7, 11) is -2.16. The van der Waals surface area contributed by atoms with Gasteiger partial charge in [0.15, 0.2) is 0 Å². The van der Waals surface area contributed by atoms with Gasteiger partial charge in [0.1, 0.15) is 0 Å². The van der Waals surface area contributed by atoms with Gasteiger partial charge in [0.05, 0.1) is 18.4 Å². The van der Waals surface area contributed by atoms with E-state index in [2.05, 4.69) is 9.46 Å². The van der Waals surface area contributed by atoms with Crippen LogP contribution < -0.4 is 10.5 Å². The lowest BCUT2D eigenvalue weighted by Gasteiger charge is -2.18. The molecule has 20 heavy (non-hydrogen) atoms. The van der Waals surface area contributed by atoms with Crippen molar-refractivity contribution in [2.24, 2.45) is 5.73 Å². The van der Waals surface area contributed by atoms with Gasteiger partial charge in [-0.1, -0.05) is 12.1 Å². The number of rotatable bonds is 6. The minimum Gasteiger partial charge on any atom is -0.465 e. The highest BCUT2D eigenvalue weighted by molar-refractivity contribution is 7.88. The van der Waals surface area contributed by atoms with Gasteiger partial charge in [0, 0.05) is 12.1 Å². The Morgan fingerprint density at radius 3 is 2.30 bits per heavy atom. The molecule has 3 N–H and O–H groups in total. The van der Waals surface area contributed by atoms with Gasteiger partial charge in [0.2, 0.25) is 10.0 Å². The summed E-state index contributed by atoms with van der Waals surface area (Å²) in [6, 6.07) is 6.23. The molecule has 0 aliphatic heterocycles. The summed E-state index contributed by atoms with van der Waals surface area (Å²) in [5, 5.41) is 0. The zero-order valence-electron chi connectivity index (χ0n) is 11.8. The third kappa shape index (κ3) is 5.68. The lowest BCUT2D eigenvalue weighted by molar-refractivity contribution is 0.0600. The number of benzene rings is 1. The minimum atomic E-state index is -3.45. The van der Waals surface area contributed by atoms with Crippen LogP contribution in [0.2, 0.25) is 0 Å². The molecule has 0 saturated heterocycles. The fourth-order valence-corrected chi connectivity index (χ4v) is 2.75. The summed E-state index contributed by atoms with van der Waals surface area (Å²) < 4.78 is 30.7. The first-order valence-corrected chi connectivity index (χ1v) is 7.72. The Balaban J connectivity index is 2.71. The van der Waals surface area contributed by atoms with Gasteiger partial charge in [-0.2, -0.15) is 0 Å². The van der Waals surface area contributed by atoms with E-state index in [-0.39, 0.29) is 12.3 Å². The topological polar surface area (TPSA) is 98.5 Å². The van der Waals surface area contributed by atoms with Crippen molar-refractivity contribution in [2.75, 3.05) is 13.7 Å². The predicted octanol–water partition coefficient (Wildman–Crippen LogP) is 0.630. The van der Waals surface area contributed by atoms with Crippen molar-refractivity contribution in [3.05, 3.63) is 35.4 Å². The molecule has 1 aromatic rings. The smallest absolute Gasteiger partial charge is 0.337 e. The highest BCUT2D eigenvalue weighted by atomic mass is 32.2. The van der Waals surface area contributed by atoms with Crippen LogP contribution in [-0.2, 0) is 20.5 Å². The molecule has 1 aromatic carbocycles. The van der Waals surface area contributed by atoms with Crippen LogP contribution in [0.4, 0.5) is 0 Å². The van der Waals surface area contributed by atoms with Crippen molar-refractivity contribution in [1.82, 2.24) is 4.72 Å². The van der Waals surface area contributed by atoms with Crippen molar-refractivity contribution in [1.29, 1.82) is 0 Å². The maximum atomic E-state index is 11.9. The second-order valence-corrected chi connectivity index (χ2v) is 7.06. The number of esters is 1. The summed E-state index contributed by atoms with van der Waals surface area (Å²) in [6.45, 7) is 3.64. The molecule has 112 valence electrons. The Morgan fingerprint density at radius 2 is 1.85 bits per heavy atom. The number of sulfonamides is 1. The van der Waals surface area contributed by atoms with Crippen LogP contribution in [0, 0.1) is 0 Å². The van der Waals surface area contributed by atoms with Crippen molar-refractivity contribution < 1.29 is 17.9 Å². The van der Waals surface area contributed by atoms with E-state index in [0.717, 1.165) is 0 Å². The highest BCUT2D eigenvalue weighted by Crippen LogP contribution is 2.09. The molecule has 0 radical (unpaired) electrons. The number of methoxy groups -OCH3 is 1. The van der Waals surface area contributed by atoms with Gasteiger partial charge in [-0.3, -0.25) is 0 Å². The quantitative estimate of drug-likeness (QED) is 0.751. The largest absolute Gasteiger partial charge is 0.465 e. The molecule has 0 aliphatic rings. The summed E-state index contributed by atoms with van der Waals surface area (Å²) >= 11 is 0. The lowest BCUT2D eigenvalue weighted by Crippen LogP contribution is -2.45. The molecule has 0 aliphatic carbocycles. The number of carbonyl (C=O) groups excluding carboxylic acids is 1. The number of hydrogen-bond donors (Lipinski definition) is 2. The molecule has 0 unspecified atom stereocenters. The molecule has 0 amide bonds. The second-order valence-electron chi connectivity index (χ2n) is 5.26.